The van der Waals surface area contributed by atoms with E-state index in [9.17, 15) is 14.4 Å². The summed E-state index contributed by atoms with van der Waals surface area (Å²) < 4.78 is 5.49. The van der Waals surface area contributed by atoms with Gasteiger partial charge in [-0.15, -0.1) is 0 Å². The van der Waals surface area contributed by atoms with Crippen molar-refractivity contribution in [3.8, 4) is 0 Å². The molecule has 3 amide bonds. The first-order valence-electron chi connectivity index (χ1n) is 14.5. The number of benzene rings is 2. The number of unbranched alkanes of at least 4 members (excludes halogenated alkanes) is 2. The van der Waals surface area contributed by atoms with Gasteiger partial charge in [0.25, 0.3) is 5.91 Å². The van der Waals surface area contributed by atoms with Crippen LogP contribution in [0.15, 0.2) is 42.5 Å². The Morgan fingerprint density at radius 2 is 1.57 bits per heavy atom. The third-order valence-electron chi connectivity index (χ3n) is 6.63. The molecule has 2 N–H and O–H groups in total. The fourth-order valence-corrected chi connectivity index (χ4v) is 4.76. The minimum absolute atomic E-state index is 0.127. The van der Waals surface area contributed by atoms with Crippen molar-refractivity contribution >= 4 is 23.6 Å². The van der Waals surface area contributed by atoms with Crippen LogP contribution in [0, 0.1) is 26.7 Å². The predicted molar refractivity (Wildman–Crippen MR) is 162 cm³/mol. The Hall–Kier alpha value is -3.35. The third-order valence-corrected chi connectivity index (χ3v) is 6.63. The lowest BCUT2D eigenvalue weighted by atomic mass is 9.97. The fraction of sp³-hybridized carbons (Fsp3) is 0.545. The van der Waals surface area contributed by atoms with E-state index in [-0.39, 0.29) is 17.7 Å². The summed E-state index contributed by atoms with van der Waals surface area (Å²) in [6, 6.07) is 11.9. The van der Waals surface area contributed by atoms with Crippen LogP contribution in [0.2, 0.25) is 0 Å². The average Bonchev–Trinajstić information content (AvgIpc) is 2.83. The number of aryl methyl sites for hydroxylation is 3. The molecule has 0 radical (unpaired) electrons. The van der Waals surface area contributed by atoms with E-state index in [1.165, 1.54) is 0 Å². The lowest BCUT2D eigenvalue weighted by Crippen LogP contribution is -2.53. The summed E-state index contributed by atoms with van der Waals surface area (Å²) in [6.45, 7) is 17.7. The first-order valence-corrected chi connectivity index (χ1v) is 14.5. The number of carbonyl (C=O) groups excluding carboxylic acids is 3. The van der Waals surface area contributed by atoms with Crippen molar-refractivity contribution in [2.45, 2.75) is 106 Å². The molecule has 2 unspecified atom stereocenters. The molecule has 0 saturated carbocycles. The lowest BCUT2D eigenvalue weighted by Gasteiger charge is -2.35. The molecular weight excluding hydrogens is 502 g/mol. The Balaban J connectivity index is 2.58. The van der Waals surface area contributed by atoms with Gasteiger partial charge in [-0.05, 0) is 77.0 Å². The quantitative estimate of drug-likeness (QED) is 0.272. The predicted octanol–water partition coefficient (Wildman–Crippen LogP) is 7.25. The van der Waals surface area contributed by atoms with Gasteiger partial charge in [-0.2, -0.15) is 0 Å². The third kappa shape index (κ3) is 10.00. The molecule has 7 heteroatoms. The first kappa shape index (κ1) is 32.9. The smallest absolute Gasteiger partial charge is 0.408 e. The van der Waals surface area contributed by atoms with Crippen molar-refractivity contribution in [2.75, 3.05) is 11.9 Å². The zero-order valence-electron chi connectivity index (χ0n) is 25.9. The maximum Gasteiger partial charge on any atom is 0.408 e. The number of hydrogen-bond donors (Lipinski definition) is 2. The second-order valence-corrected chi connectivity index (χ2v) is 12.1. The zero-order valence-corrected chi connectivity index (χ0v) is 25.9. The van der Waals surface area contributed by atoms with Gasteiger partial charge in [-0.1, -0.05) is 81.6 Å². The number of para-hydroxylation sites is 1. The summed E-state index contributed by atoms with van der Waals surface area (Å²) in [5, 5.41) is 5.95. The summed E-state index contributed by atoms with van der Waals surface area (Å²) in [5.41, 5.74) is 3.67. The van der Waals surface area contributed by atoms with Crippen molar-refractivity contribution in [3.05, 3.63) is 64.7 Å². The number of alkyl carbamates (subject to hydrolysis) is 1. The van der Waals surface area contributed by atoms with Gasteiger partial charge in [0.05, 0.1) is 0 Å². The molecule has 2 atom stereocenters. The molecule has 0 saturated heterocycles. The molecule has 7 nitrogen and oxygen atoms in total. The van der Waals surface area contributed by atoms with E-state index < -0.39 is 23.8 Å². The topological polar surface area (TPSA) is 87.7 Å². The highest BCUT2D eigenvalue weighted by Gasteiger charge is 2.36. The highest BCUT2D eigenvalue weighted by Crippen LogP contribution is 2.28. The SMILES string of the molecule is CCCCCN(C(=O)C(CC(C)C)NC(=O)OC(C)(C)C)C(C(=O)Nc1c(C)cccc1C)c1cccc(C)c1. The average molecular weight is 552 g/mol. The first-order chi connectivity index (χ1) is 18.7. The Morgan fingerprint density at radius 3 is 2.12 bits per heavy atom. The summed E-state index contributed by atoms with van der Waals surface area (Å²) in [5.74, 6) is -0.450. The van der Waals surface area contributed by atoms with Gasteiger partial charge < -0.3 is 20.3 Å². The molecule has 0 aliphatic rings. The molecule has 0 aliphatic carbocycles. The monoisotopic (exact) mass is 551 g/mol. The number of amides is 3. The minimum Gasteiger partial charge on any atom is -0.444 e. The molecule has 2 aromatic carbocycles. The van der Waals surface area contributed by atoms with Crippen LogP contribution in [-0.4, -0.2) is 41.0 Å². The number of hydrogen-bond acceptors (Lipinski definition) is 4. The van der Waals surface area contributed by atoms with Crippen LogP contribution in [0.25, 0.3) is 0 Å². The number of ether oxygens (including phenoxy) is 1. The van der Waals surface area contributed by atoms with Gasteiger partial charge in [-0.3, -0.25) is 9.59 Å². The number of rotatable bonds is 12. The van der Waals surface area contributed by atoms with Crippen molar-refractivity contribution in [3.63, 3.8) is 0 Å². The van der Waals surface area contributed by atoms with E-state index in [0.717, 1.165) is 47.2 Å². The largest absolute Gasteiger partial charge is 0.444 e. The van der Waals surface area contributed by atoms with E-state index in [4.69, 9.17) is 4.74 Å². The Kier molecular flexibility index (Phi) is 12.2. The molecule has 0 bridgehead atoms. The molecule has 0 fully saturated rings. The number of anilines is 1. The molecule has 220 valence electrons. The second kappa shape index (κ2) is 14.9. The Labute approximate surface area is 241 Å². The lowest BCUT2D eigenvalue weighted by molar-refractivity contribution is -0.141. The number of carbonyl (C=O) groups is 3. The van der Waals surface area contributed by atoms with Crippen LogP contribution in [0.4, 0.5) is 10.5 Å². The van der Waals surface area contributed by atoms with Crippen LogP contribution in [0.1, 0.15) is 95.5 Å². The van der Waals surface area contributed by atoms with Gasteiger partial charge in [0.2, 0.25) is 5.91 Å². The summed E-state index contributed by atoms with van der Waals surface area (Å²) in [7, 11) is 0. The van der Waals surface area contributed by atoms with E-state index in [0.29, 0.717) is 13.0 Å². The van der Waals surface area contributed by atoms with Crippen LogP contribution in [-0.2, 0) is 14.3 Å². The van der Waals surface area contributed by atoms with Gasteiger partial charge in [0, 0.05) is 12.2 Å². The molecular formula is C33H49N3O4. The minimum atomic E-state index is -0.877. The Bertz CT molecular complexity index is 1130. The fourth-order valence-electron chi connectivity index (χ4n) is 4.76. The summed E-state index contributed by atoms with van der Waals surface area (Å²) >= 11 is 0. The molecule has 0 heterocycles. The number of nitrogens with zero attached hydrogens (tertiary/aromatic N) is 1. The molecule has 40 heavy (non-hydrogen) atoms. The highest BCUT2D eigenvalue weighted by atomic mass is 16.6. The van der Waals surface area contributed by atoms with Crippen molar-refractivity contribution in [1.82, 2.24) is 10.2 Å². The van der Waals surface area contributed by atoms with E-state index in [1.807, 2.05) is 77.1 Å². The van der Waals surface area contributed by atoms with Crippen LogP contribution in [0.5, 0.6) is 0 Å². The number of nitrogens with one attached hydrogen (secondary N) is 2. The van der Waals surface area contributed by atoms with E-state index in [2.05, 4.69) is 17.6 Å². The van der Waals surface area contributed by atoms with Gasteiger partial charge in [-0.25, -0.2) is 4.79 Å². The van der Waals surface area contributed by atoms with Crippen molar-refractivity contribution in [1.29, 1.82) is 0 Å². The molecule has 0 aliphatic heterocycles. The Morgan fingerprint density at radius 1 is 0.950 bits per heavy atom. The zero-order chi connectivity index (χ0) is 30.0. The van der Waals surface area contributed by atoms with Crippen molar-refractivity contribution in [2.24, 2.45) is 5.92 Å². The summed E-state index contributed by atoms with van der Waals surface area (Å²) in [4.78, 5) is 42.9. The van der Waals surface area contributed by atoms with Gasteiger partial charge >= 0.3 is 6.09 Å². The van der Waals surface area contributed by atoms with Crippen LogP contribution < -0.4 is 10.6 Å². The highest BCUT2D eigenvalue weighted by molar-refractivity contribution is 6.00. The van der Waals surface area contributed by atoms with E-state index >= 15 is 0 Å². The molecule has 0 aromatic heterocycles. The molecule has 2 rings (SSSR count). The standard InChI is InChI=1S/C33H49N3O4/c1-10-11-12-19-36(31(38)27(20-22(2)3)34-32(39)40-33(7,8)9)29(26-18-13-15-23(4)21-26)30(37)35-28-24(5)16-14-17-25(28)6/h13-18,21-22,27,29H,10-12,19-20H2,1-9H3,(H,34,39)(H,35,37). The van der Waals surface area contributed by atoms with E-state index in [1.54, 1.807) is 25.7 Å². The second-order valence-electron chi connectivity index (χ2n) is 12.1. The van der Waals surface area contributed by atoms with Gasteiger partial charge in [0.1, 0.15) is 17.7 Å². The molecule has 0 spiro atoms. The van der Waals surface area contributed by atoms with Crippen molar-refractivity contribution < 1.29 is 19.1 Å². The maximum atomic E-state index is 14.3. The summed E-state index contributed by atoms with van der Waals surface area (Å²) in [6.07, 6.45) is 2.39. The molecule has 2 aromatic rings. The van der Waals surface area contributed by atoms with Crippen LogP contribution >= 0.6 is 0 Å². The normalized spacial score (nSPS) is 12.9. The maximum absolute atomic E-state index is 14.3. The van der Waals surface area contributed by atoms with Gasteiger partial charge in [0.15, 0.2) is 0 Å². The van der Waals surface area contributed by atoms with Crippen LogP contribution in [0.3, 0.4) is 0 Å².